The topological polar surface area (TPSA) is 60.9 Å². The van der Waals surface area contributed by atoms with E-state index in [1.54, 1.807) is 16.7 Å². The van der Waals surface area contributed by atoms with Crippen molar-refractivity contribution in [2.45, 2.75) is 18.7 Å². The van der Waals surface area contributed by atoms with Gasteiger partial charge >= 0.3 is 4.87 Å². The van der Waals surface area contributed by atoms with Crippen molar-refractivity contribution in [3.05, 3.63) is 50.0 Å². The Bertz CT molecular complexity index is 840. The molecule has 0 N–H and O–H groups in total. The Morgan fingerprint density at radius 3 is 3.00 bits per heavy atom. The lowest BCUT2D eigenvalue weighted by Gasteiger charge is -2.01. The molecule has 1 aromatic carbocycles. The summed E-state index contributed by atoms with van der Waals surface area (Å²) < 4.78 is 7.34. The molecule has 0 spiro atoms. The molecule has 0 atom stereocenters. The molecule has 5 nitrogen and oxygen atoms in total. The van der Waals surface area contributed by atoms with E-state index in [-0.39, 0.29) is 4.87 Å². The Hall–Kier alpha value is -1.57. The van der Waals surface area contributed by atoms with Crippen LogP contribution < -0.4 is 4.87 Å². The zero-order valence-corrected chi connectivity index (χ0v) is 14.0. The third-order valence-corrected chi connectivity index (χ3v) is 4.91. The maximum atomic E-state index is 11.6. The molecule has 0 saturated carbocycles. The van der Waals surface area contributed by atoms with Gasteiger partial charge in [0, 0.05) is 34.0 Å². The fourth-order valence-electron chi connectivity index (χ4n) is 1.91. The summed E-state index contributed by atoms with van der Waals surface area (Å²) >= 11 is 8.59. The summed E-state index contributed by atoms with van der Waals surface area (Å²) in [5, 5.41) is 11.0. The standard InChI is InChI=1S/C14H12ClN3O2S2/c1-9-8-22-14(19)18(9)5-6-21-13-17-16-12(20-13)10-3-2-4-11(15)7-10/h2-4,7-8H,5-6H2,1H3. The van der Waals surface area contributed by atoms with E-state index < -0.39 is 0 Å². The van der Waals surface area contributed by atoms with Crippen molar-refractivity contribution in [1.82, 2.24) is 14.8 Å². The molecular weight excluding hydrogens is 342 g/mol. The molecule has 0 radical (unpaired) electrons. The molecule has 3 rings (SSSR count). The minimum Gasteiger partial charge on any atom is -0.411 e. The molecule has 2 heterocycles. The lowest BCUT2D eigenvalue weighted by molar-refractivity contribution is 0.465. The highest BCUT2D eigenvalue weighted by Crippen LogP contribution is 2.25. The van der Waals surface area contributed by atoms with E-state index in [1.807, 2.05) is 24.4 Å². The van der Waals surface area contributed by atoms with E-state index in [1.165, 1.54) is 23.1 Å². The number of hydrogen-bond acceptors (Lipinski definition) is 6. The van der Waals surface area contributed by atoms with Crippen LogP contribution in [0.3, 0.4) is 0 Å². The Balaban J connectivity index is 1.64. The van der Waals surface area contributed by atoms with Gasteiger partial charge in [-0.15, -0.1) is 10.2 Å². The number of benzene rings is 1. The Morgan fingerprint density at radius 2 is 2.27 bits per heavy atom. The second-order valence-corrected chi connectivity index (χ2v) is 6.83. The number of aryl methyl sites for hydroxylation is 1. The highest BCUT2D eigenvalue weighted by atomic mass is 35.5. The third-order valence-electron chi connectivity index (χ3n) is 2.99. The van der Waals surface area contributed by atoms with Crippen LogP contribution in [0.15, 0.2) is 44.1 Å². The first-order chi connectivity index (χ1) is 10.6. The third kappa shape index (κ3) is 3.43. The summed E-state index contributed by atoms with van der Waals surface area (Å²) in [5.74, 6) is 1.13. The van der Waals surface area contributed by atoms with Crippen LogP contribution in [0, 0.1) is 6.92 Å². The van der Waals surface area contributed by atoms with Crippen LogP contribution in [0.2, 0.25) is 5.02 Å². The number of aromatic nitrogens is 3. The predicted molar refractivity (Wildman–Crippen MR) is 88.8 cm³/mol. The zero-order valence-electron chi connectivity index (χ0n) is 11.7. The molecule has 3 aromatic rings. The Morgan fingerprint density at radius 1 is 1.41 bits per heavy atom. The van der Waals surface area contributed by atoms with Crippen molar-refractivity contribution >= 4 is 34.7 Å². The quantitative estimate of drug-likeness (QED) is 0.654. The highest BCUT2D eigenvalue weighted by Gasteiger charge is 2.10. The van der Waals surface area contributed by atoms with Gasteiger partial charge in [-0.25, -0.2) is 0 Å². The minimum atomic E-state index is 0.0586. The van der Waals surface area contributed by atoms with Gasteiger partial charge in [0.05, 0.1) is 0 Å². The van der Waals surface area contributed by atoms with Gasteiger partial charge in [-0.1, -0.05) is 40.8 Å². The summed E-state index contributed by atoms with van der Waals surface area (Å²) in [6, 6.07) is 7.26. The number of nitrogens with zero attached hydrogens (tertiary/aromatic N) is 3. The lowest BCUT2D eigenvalue weighted by Crippen LogP contribution is -2.15. The normalized spacial score (nSPS) is 11.0. The van der Waals surface area contributed by atoms with Crippen molar-refractivity contribution in [1.29, 1.82) is 0 Å². The maximum Gasteiger partial charge on any atom is 0.307 e. The summed E-state index contributed by atoms with van der Waals surface area (Å²) in [5.41, 5.74) is 1.76. The van der Waals surface area contributed by atoms with Crippen LogP contribution in [0.25, 0.3) is 11.5 Å². The maximum absolute atomic E-state index is 11.6. The van der Waals surface area contributed by atoms with Crippen LogP contribution in [-0.4, -0.2) is 20.5 Å². The summed E-state index contributed by atoms with van der Waals surface area (Å²) in [7, 11) is 0. The van der Waals surface area contributed by atoms with Crippen molar-refractivity contribution in [3.63, 3.8) is 0 Å². The molecule has 0 aliphatic rings. The van der Waals surface area contributed by atoms with Crippen molar-refractivity contribution < 1.29 is 4.42 Å². The van der Waals surface area contributed by atoms with Crippen LogP contribution in [0.5, 0.6) is 0 Å². The lowest BCUT2D eigenvalue weighted by atomic mass is 10.2. The van der Waals surface area contributed by atoms with Crippen LogP contribution >= 0.6 is 34.7 Å². The summed E-state index contributed by atoms with van der Waals surface area (Å²) in [6.07, 6.45) is 0. The van der Waals surface area contributed by atoms with E-state index in [4.69, 9.17) is 16.0 Å². The average molecular weight is 354 g/mol. The molecule has 0 aliphatic heterocycles. The molecule has 2 aromatic heterocycles. The second kappa shape index (κ2) is 6.68. The number of hydrogen-bond donors (Lipinski definition) is 0. The molecule has 0 amide bonds. The van der Waals surface area contributed by atoms with Gasteiger partial charge in [-0.05, 0) is 25.1 Å². The molecule has 114 valence electrons. The SMILES string of the molecule is Cc1csc(=O)n1CCSc1nnc(-c2cccc(Cl)c2)o1. The molecule has 0 saturated heterocycles. The van der Waals surface area contributed by atoms with Crippen LogP contribution in [0.1, 0.15) is 5.69 Å². The molecule has 8 heteroatoms. The van der Waals surface area contributed by atoms with Crippen LogP contribution in [0.4, 0.5) is 0 Å². The summed E-state index contributed by atoms with van der Waals surface area (Å²) in [6.45, 7) is 2.54. The largest absolute Gasteiger partial charge is 0.411 e. The van der Waals surface area contributed by atoms with Crippen molar-refractivity contribution in [3.8, 4) is 11.5 Å². The number of rotatable bonds is 5. The van der Waals surface area contributed by atoms with Gasteiger partial charge < -0.3 is 8.98 Å². The first-order valence-corrected chi connectivity index (χ1v) is 8.75. The van der Waals surface area contributed by atoms with Gasteiger partial charge in [0.2, 0.25) is 5.89 Å². The number of thiazole rings is 1. The van der Waals surface area contributed by atoms with E-state index in [2.05, 4.69) is 10.2 Å². The molecular formula is C14H12ClN3O2S2. The smallest absolute Gasteiger partial charge is 0.307 e. The fraction of sp³-hybridized carbons (Fsp3) is 0.214. The highest BCUT2D eigenvalue weighted by molar-refractivity contribution is 7.99. The monoisotopic (exact) mass is 353 g/mol. The first kappa shape index (κ1) is 15.3. The zero-order chi connectivity index (χ0) is 15.5. The van der Waals surface area contributed by atoms with Gasteiger partial charge in [0.15, 0.2) is 0 Å². The molecule has 22 heavy (non-hydrogen) atoms. The van der Waals surface area contributed by atoms with Crippen molar-refractivity contribution in [2.75, 3.05) is 5.75 Å². The van der Waals surface area contributed by atoms with E-state index in [0.29, 0.717) is 28.4 Å². The number of halogens is 1. The predicted octanol–water partition coefficient (Wildman–Crippen LogP) is 3.71. The molecule has 0 bridgehead atoms. The van der Waals surface area contributed by atoms with Crippen LogP contribution in [-0.2, 0) is 6.54 Å². The Labute approximate surface area is 140 Å². The number of thioether (sulfide) groups is 1. The van der Waals surface area contributed by atoms with Gasteiger partial charge in [0.1, 0.15) is 0 Å². The van der Waals surface area contributed by atoms with E-state index in [9.17, 15) is 4.79 Å². The Kier molecular flexibility index (Phi) is 4.66. The second-order valence-electron chi connectivity index (χ2n) is 4.53. The van der Waals surface area contributed by atoms with Gasteiger partial charge in [-0.2, -0.15) is 0 Å². The average Bonchev–Trinajstić information content (AvgIpc) is 3.09. The van der Waals surface area contributed by atoms with Crippen molar-refractivity contribution in [2.24, 2.45) is 0 Å². The summed E-state index contributed by atoms with van der Waals surface area (Å²) in [4.78, 5) is 11.7. The van der Waals surface area contributed by atoms with Gasteiger partial charge in [-0.3, -0.25) is 4.79 Å². The van der Waals surface area contributed by atoms with E-state index >= 15 is 0 Å². The molecule has 0 unspecified atom stereocenters. The molecule has 0 fully saturated rings. The fourth-order valence-corrected chi connectivity index (χ4v) is 3.54. The molecule has 0 aliphatic carbocycles. The van der Waals surface area contributed by atoms with E-state index in [0.717, 1.165) is 11.3 Å². The van der Waals surface area contributed by atoms with Gasteiger partial charge in [0.25, 0.3) is 5.22 Å². The minimum absolute atomic E-state index is 0.0586. The first-order valence-electron chi connectivity index (χ1n) is 6.50.